The molecule has 21 heavy (non-hydrogen) atoms. The quantitative estimate of drug-likeness (QED) is 0.797. The number of allylic oxidation sites excluding steroid dienone is 1. The summed E-state index contributed by atoms with van der Waals surface area (Å²) in [6, 6.07) is 3.99. The van der Waals surface area contributed by atoms with Crippen molar-refractivity contribution in [3.05, 3.63) is 47.6 Å². The Balaban J connectivity index is 2.56. The second kappa shape index (κ2) is 5.76. The third kappa shape index (κ3) is 3.18. The highest BCUT2D eigenvalue weighted by molar-refractivity contribution is 5.80. The van der Waals surface area contributed by atoms with Crippen LogP contribution in [0.25, 0.3) is 6.08 Å². The summed E-state index contributed by atoms with van der Waals surface area (Å²) in [5.74, 6) is -1.22. The van der Waals surface area contributed by atoms with Gasteiger partial charge in [0.05, 0.1) is 11.5 Å². The van der Waals surface area contributed by atoms with Crippen molar-refractivity contribution in [2.24, 2.45) is 0 Å². The van der Waals surface area contributed by atoms with Crippen molar-refractivity contribution < 1.29 is 9.90 Å². The molecule has 0 saturated heterocycles. The van der Waals surface area contributed by atoms with Crippen LogP contribution in [0.3, 0.4) is 0 Å². The number of carboxylic acid groups (broad SMARTS) is 1. The van der Waals surface area contributed by atoms with E-state index in [1.165, 1.54) is 0 Å². The van der Waals surface area contributed by atoms with Gasteiger partial charge in [-0.05, 0) is 49.4 Å². The first-order valence-electron chi connectivity index (χ1n) is 7.36. The number of carboxylic acids is 1. The minimum absolute atomic E-state index is 0.0958. The molecule has 1 aromatic rings. The van der Waals surface area contributed by atoms with Crippen LogP contribution < -0.4 is 5.32 Å². The third-order valence-corrected chi connectivity index (χ3v) is 3.87. The van der Waals surface area contributed by atoms with Crippen LogP contribution >= 0.6 is 0 Å². The van der Waals surface area contributed by atoms with E-state index in [4.69, 9.17) is 0 Å². The molecule has 1 aromatic carbocycles. The van der Waals surface area contributed by atoms with E-state index in [0.717, 1.165) is 28.8 Å². The first kappa shape index (κ1) is 15.4. The zero-order valence-corrected chi connectivity index (χ0v) is 12.9. The lowest BCUT2D eigenvalue weighted by molar-refractivity contribution is -0.138. The lowest BCUT2D eigenvalue weighted by Gasteiger charge is -2.31. The molecule has 1 atom stereocenters. The summed E-state index contributed by atoms with van der Waals surface area (Å²) in [6.45, 7) is 9.94. The smallest absolute Gasteiger partial charge is 0.310 e. The van der Waals surface area contributed by atoms with Crippen LogP contribution in [0.1, 0.15) is 49.8 Å². The number of rotatable bonds is 5. The van der Waals surface area contributed by atoms with Crippen LogP contribution in [0.15, 0.2) is 30.9 Å². The number of benzene rings is 1. The minimum atomic E-state index is -0.768. The molecule has 1 unspecified atom stereocenters. The van der Waals surface area contributed by atoms with Crippen molar-refractivity contribution in [2.75, 3.05) is 5.32 Å². The standard InChI is InChI=1S/C18H23NO2/c1-5-7-12-10-14(15(6-2)17(20)21)11-13-8-9-18(3,4)19-16(12)13/h5,8-11,15,19H,1,6-7H2,2-4H3,(H,20,21). The maximum atomic E-state index is 11.4. The van der Waals surface area contributed by atoms with Gasteiger partial charge in [0.15, 0.2) is 0 Å². The first-order valence-corrected chi connectivity index (χ1v) is 7.36. The van der Waals surface area contributed by atoms with Crippen molar-refractivity contribution in [3.63, 3.8) is 0 Å². The maximum absolute atomic E-state index is 11.4. The topological polar surface area (TPSA) is 49.3 Å². The Kier molecular flexibility index (Phi) is 4.21. The molecule has 2 N–H and O–H groups in total. The molecular weight excluding hydrogens is 262 g/mol. The van der Waals surface area contributed by atoms with Gasteiger partial charge in [0.2, 0.25) is 0 Å². The molecule has 0 bridgehead atoms. The van der Waals surface area contributed by atoms with E-state index in [9.17, 15) is 9.90 Å². The first-order chi connectivity index (χ1) is 9.88. The highest BCUT2D eigenvalue weighted by atomic mass is 16.4. The van der Waals surface area contributed by atoms with Crippen LogP contribution in [0.2, 0.25) is 0 Å². The summed E-state index contributed by atoms with van der Waals surface area (Å²) in [4.78, 5) is 11.4. The molecule has 1 aliphatic heterocycles. The number of anilines is 1. The molecule has 0 amide bonds. The molecule has 0 saturated carbocycles. The summed E-state index contributed by atoms with van der Waals surface area (Å²) >= 11 is 0. The molecule has 3 nitrogen and oxygen atoms in total. The minimum Gasteiger partial charge on any atom is -0.481 e. The monoisotopic (exact) mass is 285 g/mol. The molecule has 1 heterocycles. The summed E-state index contributed by atoms with van der Waals surface area (Å²) in [5.41, 5.74) is 4.03. The van der Waals surface area contributed by atoms with Crippen LogP contribution in [0, 0.1) is 0 Å². The Hall–Kier alpha value is -2.03. The van der Waals surface area contributed by atoms with Gasteiger partial charge in [-0.25, -0.2) is 0 Å². The van der Waals surface area contributed by atoms with Gasteiger partial charge in [0, 0.05) is 5.69 Å². The summed E-state index contributed by atoms with van der Waals surface area (Å²) in [5, 5.41) is 12.9. The van der Waals surface area contributed by atoms with Crippen LogP contribution in [-0.2, 0) is 11.2 Å². The lowest BCUT2D eigenvalue weighted by Crippen LogP contribution is -2.31. The Morgan fingerprint density at radius 2 is 2.19 bits per heavy atom. The van der Waals surface area contributed by atoms with Gasteiger partial charge in [0.25, 0.3) is 0 Å². The molecule has 3 heteroatoms. The fourth-order valence-electron chi connectivity index (χ4n) is 2.77. The van der Waals surface area contributed by atoms with E-state index >= 15 is 0 Å². The van der Waals surface area contributed by atoms with Gasteiger partial charge in [-0.1, -0.05) is 31.2 Å². The van der Waals surface area contributed by atoms with Crippen LogP contribution in [0.5, 0.6) is 0 Å². The van der Waals surface area contributed by atoms with Gasteiger partial charge >= 0.3 is 5.97 Å². The van der Waals surface area contributed by atoms with Gasteiger partial charge < -0.3 is 10.4 Å². The van der Waals surface area contributed by atoms with E-state index in [0.29, 0.717) is 6.42 Å². The zero-order valence-electron chi connectivity index (χ0n) is 12.9. The Bertz CT molecular complexity index is 599. The molecule has 112 valence electrons. The van der Waals surface area contributed by atoms with Crippen molar-refractivity contribution in [1.29, 1.82) is 0 Å². The number of aliphatic carboxylic acids is 1. The number of nitrogens with one attached hydrogen (secondary N) is 1. The fraction of sp³-hybridized carbons (Fsp3) is 0.389. The van der Waals surface area contributed by atoms with E-state index in [1.54, 1.807) is 0 Å². The summed E-state index contributed by atoms with van der Waals surface area (Å²) < 4.78 is 0. The van der Waals surface area contributed by atoms with Gasteiger partial charge in [-0.15, -0.1) is 6.58 Å². The number of fused-ring (bicyclic) bond motifs is 1. The molecular formula is C18H23NO2. The highest BCUT2D eigenvalue weighted by Crippen LogP contribution is 2.35. The zero-order chi connectivity index (χ0) is 15.6. The average Bonchev–Trinajstić information content (AvgIpc) is 2.39. The van der Waals surface area contributed by atoms with Gasteiger partial charge in [-0.2, -0.15) is 0 Å². The molecule has 0 radical (unpaired) electrons. The second-order valence-corrected chi connectivity index (χ2v) is 6.12. The molecule has 2 rings (SSSR count). The second-order valence-electron chi connectivity index (χ2n) is 6.12. The van der Waals surface area contributed by atoms with E-state index < -0.39 is 11.9 Å². The summed E-state index contributed by atoms with van der Waals surface area (Å²) in [7, 11) is 0. The Morgan fingerprint density at radius 1 is 1.48 bits per heavy atom. The van der Waals surface area contributed by atoms with Gasteiger partial charge in [-0.3, -0.25) is 4.79 Å². The van der Waals surface area contributed by atoms with Crippen LogP contribution in [0.4, 0.5) is 5.69 Å². The number of carbonyl (C=O) groups is 1. The average molecular weight is 285 g/mol. The molecule has 0 spiro atoms. The maximum Gasteiger partial charge on any atom is 0.310 e. The van der Waals surface area contributed by atoms with Gasteiger partial charge in [0.1, 0.15) is 0 Å². The number of hydrogen-bond donors (Lipinski definition) is 2. The number of hydrogen-bond acceptors (Lipinski definition) is 2. The molecule has 0 aromatic heterocycles. The van der Waals surface area contributed by atoms with Crippen molar-refractivity contribution in [2.45, 2.75) is 45.1 Å². The summed E-state index contributed by atoms with van der Waals surface area (Å²) in [6.07, 6.45) is 7.36. The van der Waals surface area contributed by atoms with E-state index in [2.05, 4.69) is 37.9 Å². The fourth-order valence-corrected chi connectivity index (χ4v) is 2.77. The SMILES string of the molecule is C=CCc1cc(C(CC)C(=O)O)cc2c1NC(C)(C)C=C2. The molecule has 1 aliphatic rings. The van der Waals surface area contributed by atoms with Crippen molar-refractivity contribution in [3.8, 4) is 0 Å². The Labute approximate surface area is 126 Å². The van der Waals surface area contributed by atoms with Crippen molar-refractivity contribution in [1.82, 2.24) is 0 Å². The Morgan fingerprint density at radius 3 is 2.76 bits per heavy atom. The third-order valence-electron chi connectivity index (χ3n) is 3.87. The largest absolute Gasteiger partial charge is 0.481 e. The van der Waals surface area contributed by atoms with E-state index in [1.807, 2.05) is 25.1 Å². The van der Waals surface area contributed by atoms with Crippen molar-refractivity contribution >= 4 is 17.7 Å². The van der Waals surface area contributed by atoms with E-state index in [-0.39, 0.29) is 5.54 Å². The normalized spacial score (nSPS) is 16.7. The molecule has 0 fully saturated rings. The lowest BCUT2D eigenvalue weighted by atomic mass is 9.87. The molecule has 0 aliphatic carbocycles. The predicted molar refractivity (Wildman–Crippen MR) is 87.7 cm³/mol. The van der Waals surface area contributed by atoms with Crippen LogP contribution in [-0.4, -0.2) is 16.6 Å². The highest BCUT2D eigenvalue weighted by Gasteiger charge is 2.24. The predicted octanol–water partition coefficient (Wildman–Crippen LogP) is 4.21.